The Morgan fingerprint density at radius 3 is 2.43 bits per heavy atom. The molecule has 4 heteroatoms. The van der Waals surface area contributed by atoms with E-state index in [0.717, 1.165) is 26.5 Å². The first-order valence-electron chi connectivity index (χ1n) is 8.88. The van der Waals surface area contributed by atoms with Gasteiger partial charge < -0.3 is 5.32 Å². The molecule has 3 aromatic carbocycles. The summed E-state index contributed by atoms with van der Waals surface area (Å²) in [5.74, 6) is -0.197. The van der Waals surface area contributed by atoms with Gasteiger partial charge in [-0.1, -0.05) is 76.6 Å². The van der Waals surface area contributed by atoms with Crippen molar-refractivity contribution in [3.63, 3.8) is 0 Å². The molecule has 1 amide bonds. The lowest BCUT2D eigenvalue weighted by Crippen LogP contribution is -2.08. The number of nitrogens with zero attached hydrogens (tertiary/aromatic N) is 1. The van der Waals surface area contributed by atoms with Crippen LogP contribution in [0.3, 0.4) is 0 Å². The van der Waals surface area contributed by atoms with Crippen molar-refractivity contribution in [1.29, 1.82) is 0 Å². The Morgan fingerprint density at radius 2 is 1.64 bits per heavy atom. The number of halogens is 1. The zero-order chi connectivity index (χ0) is 19.3. The third-order valence-corrected chi connectivity index (χ3v) is 4.83. The zero-order valence-electron chi connectivity index (χ0n) is 15.0. The van der Waals surface area contributed by atoms with Gasteiger partial charge in [0.05, 0.1) is 11.2 Å². The van der Waals surface area contributed by atoms with Gasteiger partial charge in [0.15, 0.2) is 0 Å². The number of carbonyl (C=O) groups excluding carboxylic acids is 1. The van der Waals surface area contributed by atoms with Crippen LogP contribution in [0.15, 0.2) is 95.6 Å². The number of fused-ring (bicyclic) bond motifs is 1. The molecule has 0 radical (unpaired) electrons. The van der Waals surface area contributed by atoms with E-state index in [1.807, 2.05) is 54.6 Å². The molecule has 0 fully saturated rings. The number of anilines is 1. The molecule has 0 unspecified atom stereocenters. The second kappa shape index (κ2) is 8.19. The molecule has 28 heavy (non-hydrogen) atoms. The number of carbonyl (C=O) groups is 1. The third-order valence-electron chi connectivity index (χ3n) is 4.37. The topological polar surface area (TPSA) is 42.0 Å². The molecule has 1 aromatic heterocycles. The first-order valence-corrected chi connectivity index (χ1v) is 9.67. The lowest BCUT2D eigenvalue weighted by Gasteiger charge is -2.07. The molecule has 1 heterocycles. The summed E-state index contributed by atoms with van der Waals surface area (Å²) in [6.07, 6.45) is 5.06. The molecule has 0 spiro atoms. The quantitative estimate of drug-likeness (QED) is 0.386. The summed E-state index contributed by atoms with van der Waals surface area (Å²) in [6, 6.07) is 26.0. The van der Waals surface area contributed by atoms with Crippen molar-refractivity contribution in [1.82, 2.24) is 4.98 Å². The number of amides is 1. The summed E-state index contributed by atoms with van der Waals surface area (Å²) in [5, 5.41) is 3.88. The van der Waals surface area contributed by atoms with Gasteiger partial charge in [0.2, 0.25) is 5.91 Å². The van der Waals surface area contributed by atoms with Crippen LogP contribution in [0.5, 0.6) is 0 Å². The van der Waals surface area contributed by atoms with Crippen LogP contribution in [0.2, 0.25) is 0 Å². The van der Waals surface area contributed by atoms with E-state index < -0.39 is 0 Å². The van der Waals surface area contributed by atoms with Crippen molar-refractivity contribution in [3.05, 3.63) is 101 Å². The lowest BCUT2D eigenvalue weighted by atomic mass is 10.0. The van der Waals surface area contributed by atoms with Gasteiger partial charge >= 0.3 is 0 Å². The summed E-state index contributed by atoms with van der Waals surface area (Å²) in [7, 11) is 0. The normalized spacial score (nSPS) is 11.0. The van der Waals surface area contributed by atoms with Crippen molar-refractivity contribution in [2.24, 2.45) is 0 Å². The van der Waals surface area contributed by atoms with Crippen LogP contribution in [-0.2, 0) is 4.79 Å². The van der Waals surface area contributed by atoms with Crippen LogP contribution in [0, 0.1) is 0 Å². The van der Waals surface area contributed by atoms with E-state index >= 15 is 0 Å². The third kappa shape index (κ3) is 4.18. The second-order valence-corrected chi connectivity index (χ2v) is 7.25. The molecule has 0 bridgehead atoms. The Morgan fingerprint density at radius 1 is 0.893 bits per heavy atom. The summed E-state index contributed by atoms with van der Waals surface area (Å²) in [5.41, 5.74) is 4.73. The summed E-state index contributed by atoms with van der Waals surface area (Å²) < 4.78 is 0.892. The van der Waals surface area contributed by atoms with Gasteiger partial charge in [0.25, 0.3) is 0 Å². The van der Waals surface area contributed by atoms with Crippen molar-refractivity contribution >= 4 is 44.5 Å². The van der Waals surface area contributed by atoms with Crippen LogP contribution >= 0.6 is 15.9 Å². The maximum absolute atomic E-state index is 12.4. The Labute approximate surface area is 171 Å². The highest BCUT2D eigenvalue weighted by molar-refractivity contribution is 9.10. The minimum absolute atomic E-state index is 0.197. The smallest absolute Gasteiger partial charge is 0.248 e. The largest absolute Gasteiger partial charge is 0.321 e. The molecule has 0 saturated carbocycles. The monoisotopic (exact) mass is 428 g/mol. The fourth-order valence-corrected chi connectivity index (χ4v) is 3.49. The molecule has 0 aliphatic heterocycles. The van der Waals surface area contributed by atoms with E-state index in [1.54, 1.807) is 12.3 Å². The SMILES string of the molecule is O=C(/C=C/c1ccc(-c2ccccc2)cc1)Nc1cc(Br)cc2cccnc12. The van der Waals surface area contributed by atoms with E-state index in [1.165, 1.54) is 11.6 Å². The number of hydrogen-bond acceptors (Lipinski definition) is 2. The minimum Gasteiger partial charge on any atom is -0.321 e. The maximum atomic E-state index is 12.4. The minimum atomic E-state index is -0.197. The van der Waals surface area contributed by atoms with E-state index in [-0.39, 0.29) is 5.91 Å². The molecule has 0 aliphatic carbocycles. The fraction of sp³-hybridized carbons (Fsp3) is 0. The van der Waals surface area contributed by atoms with Crippen molar-refractivity contribution in [3.8, 4) is 11.1 Å². The number of aromatic nitrogens is 1. The van der Waals surface area contributed by atoms with E-state index in [9.17, 15) is 4.79 Å². The standard InChI is InChI=1S/C24H17BrN2O/c25-21-15-20-7-4-14-26-24(20)22(16-21)27-23(28)13-10-17-8-11-19(12-9-17)18-5-2-1-3-6-18/h1-16H,(H,27,28)/b13-10+. The van der Waals surface area contributed by atoms with Crippen molar-refractivity contribution < 1.29 is 4.79 Å². The molecule has 1 N–H and O–H groups in total. The van der Waals surface area contributed by atoms with Gasteiger partial charge in [0, 0.05) is 22.1 Å². The van der Waals surface area contributed by atoms with Gasteiger partial charge in [-0.15, -0.1) is 0 Å². The van der Waals surface area contributed by atoms with Gasteiger partial charge in [-0.25, -0.2) is 0 Å². The summed E-state index contributed by atoms with van der Waals surface area (Å²) in [6.45, 7) is 0. The van der Waals surface area contributed by atoms with Crippen LogP contribution in [0.4, 0.5) is 5.69 Å². The number of benzene rings is 3. The molecule has 4 aromatic rings. The van der Waals surface area contributed by atoms with Crippen LogP contribution in [-0.4, -0.2) is 10.9 Å². The second-order valence-electron chi connectivity index (χ2n) is 6.34. The summed E-state index contributed by atoms with van der Waals surface area (Å²) in [4.78, 5) is 16.8. The van der Waals surface area contributed by atoms with Gasteiger partial charge in [-0.2, -0.15) is 0 Å². The van der Waals surface area contributed by atoms with Gasteiger partial charge in [0.1, 0.15) is 0 Å². The Kier molecular flexibility index (Phi) is 5.31. The molecule has 4 rings (SSSR count). The zero-order valence-corrected chi connectivity index (χ0v) is 16.6. The van der Waals surface area contributed by atoms with Gasteiger partial charge in [-0.05, 0) is 41.0 Å². The van der Waals surface area contributed by atoms with E-state index in [0.29, 0.717) is 5.69 Å². The van der Waals surface area contributed by atoms with Crippen LogP contribution < -0.4 is 5.32 Å². The number of hydrogen-bond donors (Lipinski definition) is 1. The maximum Gasteiger partial charge on any atom is 0.248 e. The van der Waals surface area contributed by atoms with E-state index in [2.05, 4.69) is 50.5 Å². The highest BCUT2D eigenvalue weighted by atomic mass is 79.9. The first kappa shape index (κ1) is 18.1. The molecule has 0 atom stereocenters. The number of pyridine rings is 1. The number of nitrogens with one attached hydrogen (secondary N) is 1. The Balaban J connectivity index is 1.49. The highest BCUT2D eigenvalue weighted by Crippen LogP contribution is 2.26. The predicted molar refractivity (Wildman–Crippen MR) is 119 cm³/mol. The first-order chi connectivity index (χ1) is 13.7. The molecular weight excluding hydrogens is 412 g/mol. The fourth-order valence-electron chi connectivity index (χ4n) is 3.01. The van der Waals surface area contributed by atoms with Crippen LogP contribution in [0.25, 0.3) is 28.1 Å². The molecule has 0 aliphatic rings. The van der Waals surface area contributed by atoms with Gasteiger partial charge in [-0.3, -0.25) is 9.78 Å². The average molecular weight is 429 g/mol. The highest BCUT2D eigenvalue weighted by Gasteiger charge is 2.06. The summed E-state index contributed by atoms with van der Waals surface area (Å²) >= 11 is 3.48. The molecular formula is C24H17BrN2O. The van der Waals surface area contributed by atoms with Crippen molar-refractivity contribution in [2.45, 2.75) is 0 Å². The molecule has 3 nitrogen and oxygen atoms in total. The Bertz CT molecular complexity index is 1150. The van der Waals surface area contributed by atoms with Crippen LogP contribution in [0.1, 0.15) is 5.56 Å². The average Bonchev–Trinajstić information content (AvgIpc) is 2.73. The van der Waals surface area contributed by atoms with E-state index in [4.69, 9.17) is 0 Å². The predicted octanol–water partition coefficient (Wildman–Crippen LogP) is 6.32. The molecule has 136 valence electrons. The Hall–Kier alpha value is -3.24. The van der Waals surface area contributed by atoms with Crippen molar-refractivity contribution in [2.75, 3.05) is 5.32 Å². The lowest BCUT2D eigenvalue weighted by molar-refractivity contribution is -0.111. The molecule has 0 saturated heterocycles. The number of rotatable bonds is 4.